The van der Waals surface area contributed by atoms with Crippen LogP contribution in [0, 0.1) is 11.3 Å². The summed E-state index contributed by atoms with van der Waals surface area (Å²) in [5.74, 6) is 0.574. The Morgan fingerprint density at radius 2 is 0.481 bits per heavy atom. The van der Waals surface area contributed by atoms with E-state index in [1.54, 1.807) is 0 Å². The molecular formula is C95H57N9. The quantitative estimate of drug-likeness (QED) is 0.144. The molecule has 0 amide bonds. The molecule has 0 N–H and O–H groups in total. The summed E-state index contributed by atoms with van der Waals surface area (Å²) in [4.78, 5) is 10.9. The smallest absolute Gasteiger partial charge is 0.160 e. The SMILES string of the molecule is N#Cc1cc(-c2cc(-c3ccccc3)nc(-c3ccccc3)n2)c(-n2c3ccc(-n4c5ccccc5c5ccccc54)cc3c3cc(-n4c5ccccc5c5ccccc54)ccc32)cc1-n1c2ccc(-n3c4ccccc4c4ccccc43)cc2c2cc(-n3c4ccccc4c4ccccc43)ccc21. The van der Waals surface area contributed by atoms with Crippen molar-refractivity contribution in [3.8, 4) is 74.1 Å². The lowest BCUT2D eigenvalue weighted by Crippen LogP contribution is -2.06. The number of aromatic nitrogens is 8. The molecule has 0 atom stereocenters. The van der Waals surface area contributed by atoms with Crippen molar-refractivity contribution in [2.24, 2.45) is 0 Å². The zero-order chi connectivity index (χ0) is 68.3. The van der Waals surface area contributed by atoms with Crippen molar-refractivity contribution < 1.29 is 0 Å². The molecular weight excluding hydrogens is 1270 g/mol. The van der Waals surface area contributed by atoms with E-state index >= 15 is 0 Å². The van der Waals surface area contributed by atoms with Crippen LogP contribution in [0.3, 0.4) is 0 Å². The van der Waals surface area contributed by atoms with Crippen LogP contribution in [0.15, 0.2) is 346 Å². The van der Waals surface area contributed by atoms with Gasteiger partial charge in [-0.1, -0.05) is 206 Å². The zero-order valence-electron chi connectivity index (χ0n) is 55.9. The van der Waals surface area contributed by atoms with Gasteiger partial charge in [0.25, 0.3) is 0 Å². The molecule has 22 aromatic rings. The molecule has 482 valence electrons. The van der Waals surface area contributed by atoms with Crippen LogP contribution in [0.2, 0.25) is 0 Å². The Balaban J connectivity index is 0.866. The first-order valence-electron chi connectivity index (χ1n) is 35.3. The van der Waals surface area contributed by atoms with Gasteiger partial charge in [-0.3, -0.25) is 0 Å². The second-order valence-electron chi connectivity index (χ2n) is 27.1. The largest absolute Gasteiger partial charge is 0.309 e. The Kier molecular flexibility index (Phi) is 12.4. The highest BCUT2D eigenvalue weighted by Gasteiger charge is 2.27. The van der Waals surface area contributed by atoms with Gasteiger partial charge < -0.3 is 27.4 Å². The van der Waals surface area contributed by atoms with E-state index in [0.29, 0.717) is 17.1 Å². The highest BCUT2D eigenvalue weighted by molar-refractivity contribution is 6.17. The van der Waals surface area contributed by atoms with Crippen LogP contribution >= 0.6 is 0 Å². The second kappa shape index (κ2) is 22.3. The molecule has 0 aliphatic rings. The van der Waals surface area contributed by atoms with Gasteiger partial charge in [0.15, 0.2) is 5.82 Å². The van der Waals surface area contributed by atoms with Gasteiger partial charge in [0.1, 0.15) is 6.07 Å². The van der Waals surface area contributed by atoms with Crippen LogP contribution < -0.4 is 0 Å². The molecule has 104 heavy (non-hydrogen) atoms. The molecule has 22 rings (SSSR count). The van der Waals surface area contributed by atoms with E-state index in [-0.39, 0.29) is 0 Å². The fraction of sp³-hybridized carbons (Fsp3) is 0. The number of nitrogens with zero attached hydrogens (tertiary/aromatic N) is 9. The summed E-state index contributed by atoms with van der Waals surface area (Å²) < 4.78 is 14.4. The first-order valence-corrected chi connectivity index (χ1v) is 35.3. The average molecular weight is 1320 g/mol. The number of rotatable bonds is 9. The Morgan fingerprint density at radius 3 is 0.798 bits per heavy atom. The van der Waals surface area contributed by atoms with Crippen LogP contribution in [-0.4, -0.2) is 37.4 Å². The highest BCUT2D eigenvalue weighted by atomic mass is 15.1. The van der Waals surface area contributed by atoms with Gasteiger partial charge in [-0.25, -0.2) is 9.97 Å². The normalized spacial score (nSPS) is 12.0. The maximum absolute atomic E-state index is 12.2. The van der Waals surface area contributed by atoms with E-state index in [2.05, 4.69) is 355 Å². The first-order chi connectivity index (χ1) is 51.6. The van der Waals surface area contributed by atoms with E-state index in [1.165, 1.54) is 43.1 Å². The molecule has 0 saturated carbocycles. The lowest BCUT2D eigenvalue weighted by molar-refractivity contribution is 1.11. The predicted octanol–water partition coefficient (Wildman–Crippen LogP) is 23.9. The van der Waals surface area contributed by atoms with Crippen molar-refractivity contribution in [2.45, 2.75) is 0 Å². The molecule has 0 spiro atoms. The molecule has 0 bridgehead atoms. The first kappa shape index (κ1) is 57.6. The maximum Gasteiger partial charge on any atom is 0.160 e. The molecule has 0 radical (unpaired) electrons. The molecule has 9 nitrogen and oxygen atoms in total. The molecule has 9 heteroatoms. The topological polar surface area (TPSA) is 79.2 Å². The number of fused-ring (bicyclic) bond motifs is 18. The molecule has 0 aliphatic heterocycles. The molecule has 0 fully saturated rings. The fourth-order valence-electron chi connectivity index (χ4n) is 17.2. The minimum Gasteiger partial charge on any atom is -0.309 e. The lowest BCUT2D eigenvalue weighted by Gasteiger charge is -2.20. The molecule has 0 aliphatic carbocycles. The van der Waals surface area contributed by atoms with Crippen molar-refractivity contribution in [1.29, 1.82) is 5.26 Å². The summed E-state index contributed by atoms with van der Waals surface area (Å²) in [6.07, 6.45) is 0. The van der Waals surface area contributed by atoms with E-state index in [9.17, 15) is 5.26 Å². The number of para-hydroxylation sites is 8. The number of nitriles is 1. The maximum atomic E-state index is 12.2. The molecule has 7 aromatic heterocycles. The van der Waals surface area contributed by atoms with Crippen LogP contribution in [0.4, 0.5) is 0 Å². The standard InChI is InChI=1S/C95H57N9/c96-58-61-51-78(80-56-79(59-23-3-1-4-24-59)97-95(98-80)60-25-5-2-6-26-60)94(104-91-49-45-64(101-85-39-19-11-31-70(85)71-32-12-20-40-86(71)101)54-76(91)77-55-65(46-50-92(77)104)102-87-41-21-13-33-72(87)73-34-14-22-42-88(73)102)57-93(61)103-89-47-43-62(99-81-35-15-7-27-66(81)67-28-8-16-36-82(67)99)52-74(89)75-53-63(44-48-90(75)103)100-83-37-17-9-29-68(83)69-30-10-18-38-84(69)100/h1-57H. The second-order valence-corrected chi connectivity index (χ2v) is 27.1. The van der Waals surface area contributed by atoms with E-state index in [4.69, 9.17) is 9.97 Å². The van der Waals surface area contributed by atoms with E-state index < -0.39 is 0 Å². The summed E-state index contributed by atoms with van der Waals surface area (Å²) in [5.41, 5.74) is 23.1. The Morgan fingerprint density at radius 1 is 0.212 bits per heavy atom. The number of hydrogen-bond donors (Lipinski definition) is 0. The summed E-state index contributed by atoms with van der Waals surface area (Å²) in [6.45, 7) is 0. The van der Waals surface area contributed by atoms with Gasteiger partial charge in [-0.15, -0.1) is 0 Å². The van der Waals surface area contributed by atoms with Crippen molar-refractivity contribution in [3.63, 3.8) is 0 Å². The van der Waals surface area contributed by atoms with Crippen molar-refractivity contribution in [1.82, 2.24) is 37.4 Å². The Bertz CT molecular complexity index is 6820. The fourth-order valence-corrected chi connectivity index (χ4v) is 17.2. The molecule has 0 saturated heterocycles. The average Bonchev–Trinajstić information content (AvgIpc) is 1.77. The zero-order valence-corrected chi connectivity index (χ0v) is 55.9. The van der Waals surface area contributed by atoms with Crippen molar-refractivity contribution in [2.75, 3.05) is 0 Å². The Hall–Kier alpha value is -14.3. The van der Waals surface area contributed by atoms with E-state index in [1.807, 2.05) is 24.3 Å². The van der Waals surface area contributed by atoms with Crippen LogP contribution in [-0.2, 0) is 0 Å². The van der Waals surface area contributed by atoms with Crippen molar-refractivity contribution in [3.05, 3.63) is 351 Å². The summed E-state index contributed by atoms with van der Waals surface area (Å²) in [7, 11) is 0. The van der Waals surface area contributed by atoms with Gasteiger partial charge in [-0.05, 0) is 140 Å². The minimum atomic E-state index is 0.477. The monoisotopic (exact) mass is 1320 g/mol. The summed E-state index contributed by atoms with van der Waals surface area (Å²) >= 11 is 0. The highest BCUT2D eigenvalue weighted by Crippen LogP contribution is 2.46. The molecule has 0 unspecified atom stereocenters. The van der Waals surface area contributed by atoms with Crippen LogP contribution in [0.5, 0.6) is 0 Å². The lowest BCUT2D eigenvalue weighted by atomic mass is 10.0. The predicted molar refractivity (Wildman–Crippen MR) is 429 cm³/mol. The summed E-state index contributed by atoms with van der Waals surface area (Å²) in [6, 6.07) is 127. The Labute approximate surface area is 595 Å². The van der Waals surface area contributed by atoms with Gasteiger partial charge in [0.2, 0.25) is 0 Å². The van der Waals surface area contributed by atoms with Crippen molar-refractivity contribution >= 4 is 131 Å². The third-order valence-corrected chi connectivity index (χ3v) is 21.6. The third kappa shape index (κ3) is 8.42. The van der Waals surface area contributed by atoms with Gasteiger partial charge in [0.05, 0.1) is 94.5 Å². The number of benzene rings is 15. The minimum absolute atomic E-state index is 0.477. The summed E-state index contributed by atoms with van der Waals surface area (Å²) in [5, 5.41) is 26.0. The molecule has 7 heterocycles. The third-order valence-electron chi connectivity index (χ3n) is 21.6. The van der Waals surface area contributed by atoms with Gasteiger partial charge >= 0.3 is 0 Å². The van der Waals surface area contributed by atoms with Crippen LogP contribution in [0.1, 0.15) is 5.56 Å². The van der Waals surface area contributed by atoms with Crippen LogP contribution in [0.25, 0.3) is 199 Å². The number of hydrogen-bond acceptors (Lipinski definition) is 3. The van der Waals surface area contributed by atoms with Gasteiger partial charge in [-0.2, -0.15) is 5.26 Å². The van der Waals surface area contributed by atoms with Gasteiger partial charge in [0, 0.05) is 104 Å². The molecule has 15 aromatic carbocycles. The van der Waals surface area contributed by atoms with E-state index in [0.717, 1.165) is 144 Å².